The molecule has 1 heterocycles. The molecule has 1 aromatic heterocycles. The lowest BCUT2D eigenvalue weighted by atomic mass is 10.1. The summed E-state index contributed by atoms with van der Waals surface area (Å²) in [6.07, 6.45) is 0.986. The Morgan fingerprint density at radius 2 is 1.86 bits per heavy atom. The number of hydrogen-bond donors (Lipinski definition) is 1. The largest absolute Gasteiger partial charge is 0.309 e. The van der Waals surface area contributed by atoms with Gasteiger partial charge in [-0.3, -0.25) is 0 Å². The third kappa shape index (κ3) is 4.15. The van der Waals surface area contributed by atoms with E-state index in [1.807, 2.05) is 19.1 Å². The zero-order chi connectivity index (χ0) is 15.3. The Kier molecular flexibility index (Phi) is 5.56. The lowest BCUT2D eigenvalue weighted by Crippen LogP contribution is -2.28. The van der Waals surface area contributed by atoms with Crippen LogP contribution in [0.25, 0.3) is 0 Å². The highest BCUT2D eigenvalue weighted by atomic mass is 32.2. The van der Waals surface area contributed by atoms with Gasteiger partial charge in [0.15, 0.2) is 9.84 Å². The first-order valence-electron chi connectivity index (χ1n) is 7.15. The minimum Gasteiger partial charge on any atom is -0.309 e. The highest BCUT2D eigenvalue weighted by Crippen LogP contribution is 2.23. The van der Waals surface area contributed by atoms with E-state index in [2.05, 4.69) is 24.4 Å². The zero-order valence-corrected chi connectivity index (χ0v) is 14.0. The van der Waals surface area contributed by atoms with E-state index in [4.69, 9.17) is 0 Å². The van der Waals surface area contributed by atoms with E-state index in [0.29, 0.717) is 4.21 Å². The van der Waals surface area contributed by atoms with Gasteiger partial charge in [0.25, 0.3) is 0 Å². The van der Waals surface area contributed by atoms with E-state index in [-0.39, 0.29) is 11.8 Å². The summed E-state index contributed by atoms with van der Waals surface area (Å²) >= 11 is 1.28. The van der Waals surface area contributed by atoms with Crippen LogP contribution in [-0.2, 0) is 16.3 Å². The first-order chi connectivity index (χ1) is 10.1. The van der Waals surface area contributed by atoms with Crippen LogP contribution in [0, 0.1) is 0 Å². The summed E-state index contributed by atoms with van der Waals surface area (Å²) in [6.45, 7) is 4.84. The smallest absolute Gasteiger partial charge is 0.189 e. The Bertz CT molecular complexity index is 646. The summed E-state index contributed by atoms with van der Waals surface area (Å²) in [6, 6.07) is 11.5. The number of aryl methyl sites for hydroxylation is 1. The maximum absolute atomic E-state index is 12.4. The topological polar surface area (TPSA) is 46.2 Å². The number of benzene rings is 1. The zero-order valence-electron chi connectivity index (χ0n) is 12.4. The van der Waals surface area contributed by atoms with Crippen LogP contribution in [0.5, 0.6) is 0 Å². The van der Waals surface area contributed by atoms with Crippen molar-refractivity contribution in [3.05, 3.63) is 52.9 Å². The standard InChI is InChI=1S/C16H21NO2S2/c1-3-13-7-9-14(10-8-13)15(17-4-2)12-21(18,19)16-6-5-11-20-16/h5-11,15,17H,3-4,12H2,1-2H3. The van der Waals surface area contributed by atoms with Crippen LogP contribution in [0.2, 0.25) is 0 Å². The summed E-state index contributed by atoms with van der Waals surface area (Å²) in [5, 5.41) is 5.08. The molecule has 0 saturated carbocycles. The first-order valence-corrected chi connectivity index (χ1v) is 9.68. The van der Waals surface area contributed by atoms with Gasteiger partial charge >= 0.3 is 0 Å². The van der Waals surface area contributed by atoms with E-state index in [1.165, 1.54) is 16.9 Å². The molecule has 0 aliphatic rings. The molecule has 1 unspecified atom stereocenters. The van der Waals surface area contributed by atoms with Crippen molar-refractivity contribution in [2.75, 3.05) is 12.3 Å². The minimum atomic E-state index is -3.25. The molecule has 114 valence electrons. The number of hydrogen-bond acceptors (Lipinski definition) is 4. The van der Waals surface area contributed by atoms with Crippen molar-refractivity contribution in [3.8, 4) is 0 Å². The molecular formula is C16H21NO2S2. The quantitative estimate of drug-likeness (QED) is 0.849. The van der Waals surface area contributed by atoms with Gasteiger partial charge in [0, 0.05) is 6.04 Å². The summed E-state index contributed by atoms with van der Waals surface area (Å²) in [7, 11) is -3.25. The Morgan fingerprint density at radius 3 is 2.38 bits per heavy atom. The molecule has 2 aromatic rings. The van der Waals surface area contributed by atoms with Gasteiger partial charge in [-0.1, -0.05) is 44.2 Å². The lowest BCUT2D eigenvalue weighted by molar-refractivity contribution is 0.560. The number of rotatable bonds is 7. The fraction of sp³-hybridized carbons (Fsp3) is 0.375. The number of thiophene rings is 1. The van der Waals surface area contributed by atoms with Crippen molar-refractivity contribution in [3.63, 3.8) is 0 Å². The average molecular weight is 323 g/mol. The normalized spacial score (nSPS) is 13.2. The fourth-order valence-corrected chi connectivity index (χ4v) is 4.85. The van der Waals surface area contributed by atoms with Crippen LogP contribution in [0.15, 0.2) is 46.0 Å². The van der Waals surface area contributed by atoms with Crippen molar-refractivity contribution in [1.29, 1.82) is 0 Å². The van der Waals surface area contributed by atoms with E-state index < -0.39 is 9.84 Å². The monoisotopic (exact) mass is 323 g/mol. The van der Waals surface area contributed by atoms with Crippen LogP contribution in [0.4, 0.5) is 0 Å². The summed E-state index contributed by atoms with van der Waals surface area (Å²) < 4.78 is 25.3. The van der Waals surface area contributed by atoms with Crippen molar-refractivity contribution >= 4 is 21.2 Å². The van der Waals surface area contributed by atoms with Gasteiger partial charge in [-0.05, 0) is 35.5 Å². The van der Waals surface area contributed by atoms with Crippen molar-refractivity contribution in [2.24, 2.45) is 0 Å². The van der Waals surface area contributed by atoms with Crippen LogP contribution < -0.4 is 5.32 Å². The molecule has 0 fully saturated rings. The molecule has 0 spiro atoms. The Labute approximate surface area is 130 Å². The third-order valence-corrected chi connectivity index (χ3v) is 6.66. The number of sulfone groups is 1. The van der Waals surface area contributed by atoms with Gasteiger partial charge in [0.2, 0.25) is 0 Å². The summed E-state index contributed by atoms with van der Waals surface area (Å²) in [5.41, 5.74) is 2.28. The molecule has 1 atom stereocenters. The average Bonchev–Trinajstić information content (AvgIpc) is 3.02. The van der Waals surface area contributed by atoms with Gasteiger partial charge < -0.3 is 5.32 Å². The molecule has 0 radical (unpaired) electrons. The lowest BCUT2D eigenvalue weighted by Gasteiger charge is -2.18. The van der Waals surface area contributed by atoms with Gasteiger partial charge in [-0.15, -0.1) is 11.3 Å². The third-order valence-electron chi connectivity index (χ3n) is 3.43. The molecule has 5 heteroatoms. The van der Waals surface area contributed by atoms with Crippen molar-refractivity contribution in [2.45, 2.75) is 30.5 Å². The van der Waals surface area contributed by atoms with Crippen molar-refractivity contribution in [1.82, 2.24) is 5.32 Å². The fourth-order valence-electron chi connectivity index (χ4n) is 2.25. The van der Waals surface area contributed by atoms with Gasteiger partial charge in [0.1, 0.15) is 4.21 Å². The van der Waals surface area contributed by atoms with Gasteiger partial charge in [0.05, 0.1) is 5.75 Å². The summed E-state index contributed by atoms with van der Waals surface area (Å²) in [5.74, 6) is 0.0901. The van der Waals surface area contributed by atoms with Crippen LogP contribution in [-0.4, -0.2) is 20.7 Å². The molecule has 0 aliphatic carbocycles. The second-order valence-corrected chi connectivity index (χ2v) is 8.13. The maximum Gasteiger partial charge on any atom is 0.189 e. The molecule has 0 saturated heterocycles. The number of nitrogens with one attached hydrogen (secondary N) is 1. The molecule has 21 heavy (non-hydrogen) atoms. The maximum atomic E-state index is 12.4. The second kappa shape index (κ2) is 7.20. The highest BCUT2D eigenvalue weighted by molar-refractivity contribution is 7.93. The molecular weight excluding hydrogens is 302 g/mol. The van der Waals surface area contributed by atoms with Gasteiger partial charge in [-0.25, -0.2) is 8.42 Å². The summed E-state index contributed by atoms with van der Waals surface area (Å²) in [4.78, 5) is 0. The first kappa shape index (κ1) is 16.2. The van der Waals surface area contributed by atoms with Crippen LogP contribution in [0.3, 0.4) is 0 Å². The predicted molar refractivity (Wildman–Crippen MR) is 88.6 cm³/mol. The van der Waals surface area contributed by atoms with Crippen LogP contribution >= 0.6 is 11.3 Å². The Hall–Kier alpha value is -1.17. The Morgan fingerprint density at radius 1 is 1.14 bits per heavy atom. The van der Waals surface area contributed by atoms with E-state index >= 15 is 0 Å². The van der Waals surface area contributed by atoms with Gasteiger partial charge in [-0.2, -0.15) is 0 Å². The van der Waals surface area contributed by atoms with E-state index in [1.54, 1.807) is 17.5 Å². The molecule has 0 aliphatic heterocycles. The SMILES string of the molecule is CCNC(CS(=O)(=O)c1cccs1)c1ccc(CC)cc1. The molecule has 2 rings (SSSR count). The predicted octanol–water partition coefficient (Wildman–Crippen LogP) is 3.44. The molecule has 3 nitrogen and oxygen atoms in total. The van der Waals surface area contributed by atoms with E-state index in [9.17, 15) is 8.42 Å². The minimum absolute atomic E-state index is 0.0901. The molecule has 0 bridgehead atoms. The van der Waals surface area contributed by atoms with E-state index in [0.717, 1.165) is 18.5 Å². The van der Waals surface area contributed by atoms with Crippen LogP contribution in [0.1, 0.15) is 31.0 Å². The highest BCUT2D eigenvalue weighted by Gasteiger charge is 2.22. The molecule has 1 aromatic carbocycles. The molecule has 0 amide bonds. The van der Waals surface area contributed by atoms with Crippen molar-refractivity contribution < 1.29 is 8.42 Å². The Balaban J connectivity index is 2.22. The second-order valence-electron chi connectivity index (χ2n) is 4.92. The molecule has 1 N–H and O–H groups in total.